The number of carbonyl (C=O) groups excluding carboxylic acids is 2. The zero-order valence-electron chi connectivity index (χ0n) is 15.5. The maximum absolute atomic E-state index is 11.9. The Morgan fingerprint density at radius 2 is 2.08 bits per heavy atom. The van der Waals surface area contributed by atoms with Crippen molar-refractivity contribution in [3.05, 3.63) is 36.0 Å². The molecule has 7 atom stereocenters. The standard InChI is InChI=1S/C23H30O2/c1-4-5-21-14(2)10-22-20-11-15(13-24)19-12-16(25)6-7-17(19)18(20)8-9-23(21,22)3/h4-5,12-13,15,17-18,20-22H,2,6-11H2,1,3H3/b5-4+/t15-,17+,18+,20+,21+,22-,23+/m0/s1. The Morgan fingerprint density at radius 3 is 2.80 bits per heavy atom. The van der Waals surface area contributed by atoms with Gasteiger partial charge in [-0.3, -0.25) is 4.79 Å². The third-order valence-corrected chi connectivity index (χ3v) is 8.04. The molecule has 4 aliphatic carbocycles. The van der Waals surface area contributed by atoms with Crippen LogP contribution in [0.5, 0.6) is 0 Å². The quantitative estimate of drug-likeness (QED) is 0.529. The summed E-state index contributed by atoms with van der Waals surface area (Å²) in [5.41, 5.74) is 2.84. The molecule has 4 aliphatic rings. The molecule has 0 aromatic rings. The van der Waals surface area contributed by atoms with E-state index in [4.69, 9.17) is 0 Å². The van der Waals surface area contributed by atoms with Crippen LogP contribution in [0.25, 0.3) is 0 Å². The molecule has 25 heavy (non-hydrogen) atoms. The van der Waals surface area contributed by atoms with Gasteiger partial charge < -0.3 is 4.79 Å². The van der Waals surface area contributed by atoms with Gasteiger partial charge in [-0.2, -0.15) is 0 Å². The van der Waals surface area contributed by atoms with E-state index in [0.717, 1.165) is 31.1 Å². The summed E-state index contributed by atoms with van der Waals surface area (Å²) in [5.74, 6) is 3.04. The van der Waals surface area contributed by atoms with Crippen molar-refractivity contribution in [1.82, 2.24) is 0 Å². The van der Waals surface area contributed by atoms with Crippen molar-refractivity contribution in [3.8, 4) is 0 Å². The molecule has 2 heteroatoms. The monoisotopic (exact) mass is 338 g/mol. The fourth-order valence-electron chi connectivity index (χ4n) is 6.93. The summed E-state index contributed by atoms with van der Waals surface area (Å²) in [6.45, 7) is 8.98. The van der Waals surface area contributed by atoms with Crippen LogP contribution in [0.15, 0.2) is 36.0 Å². The third kappa shape index (κ3) is 2.44. The number of carbonyl (C=O) groups is 2. The first kappa shape index (κ1) is 17.0. The second-order valence-corrected chi connectivity index (χ2v) is 9.08. The number of rotatable bonds is 2. The van der Waals surface area contributed by atoms with Crippen LogP contribution in [0.3, 0.4) is 0 Å². The zero-order chi connectivity index (χ0) is 17.8. The first-order valence-electron chi connectivity index (χ1n) is 9.99. The zero-order valence-corrected chi connectivity index (χ0v) is 15.5. The minimum atomic E-state index is -0.0353. The van der Waals surface area contributed by atoms with Gasteiger partial charge in [0.25, 0.3) is 0 Å². The van der Waals surface area contributed by atoms with E-state index in [2.05, 4.69) is 32.6 Å². The normalized spacial score (nSPS) is 46.4. The first-order valence-corrected chi connectivity index (χ1v) is 9.99. The van der Waals surface area contributed by atoms with Crippen molar-refractivity contribution >= 4 is 12.1 Å². The molecule has 0 N–H and O–H groups in total. The van der Waals surface area contributed by atoms with E-state index in [1.807, 2.05) is 6.08 Å². The SMILES string of the molecule is C=C1C[C@H]2[C@@H]3C[C@@H](C=O)C4=CC(=O)CC[C@@H]4[C@H]3CC[C@]2(C)[C@@H]1/C=C/C. The second kappa shape index (κ2) is 6.07. The minimum Gasteiger partial charge on any atom is -0.303 e. The number of ketones is 1. The highest BCUT2D eigenvalue weighted by atomic mass is 16.1. The van der Waals surface area contributed by atoms with Crippen molar-refractivity contribution < 1.29 is 9.59 Å². The van der Waals surface area contributed by atoms with Gasteiger partial charge >= 0.3 is 0 Å². The number of fused-ring (bicyclic) bond motifs is 5. The second-order valence-electron chi connectivity index (χ2n) is 9.08. The van der Waals surface area contributed by atoms with Crippen LogP contribution < -0.4 is 0 Å². The van der Waals surface area contributed by atoms with E-state index in [0.29, 0.717) is 41.4 Å². The van der Waals surface area contributed by atoms with E-state index < -0.39 is 0 Å². The van der Waals surface area contributed by atoms with Crippen LogP contribution >= 0.6 is 0 Å². The van der Waals surface area contributed by atoms with Crippen LogP contribution in [0.2, 0.25) is 0 Å². The fraction of sp³-hybridized carbons (Fsp3) is 0.652. The molecule has 134 valence electrons. The smallest absolute Gasteiger partial charge is 0.155 e. The lowest BCUT2D eigenvalue weighted by atomic mass is 9.49. The van der Waals surface area contributed by atoms with Crippen molar-refractivity contribution in [2.24, 2.45) is 40.9 Å². The molecule has 0 unspecified atom stereocenters. The first-order chi connectivity index (χ1) is 12.0. The number of allylic oxidation sites excluding steroid dienone is 4. The van der Waals surface area contributed by atoms with E-state index in [9.17, 15) is 9.59 Å². The topological polar surface area (TPSA) is 34.1 Å². The molecular weight excluding hydrogens is 308 g/mol. The van der Waals surface area contributed by atoms with Crippen LogP contribution in [0, 0.1) is 40.9 Å². The van der Waals surface area contributed by atoms with Crippen LogP contribution in [-0.2, 0) is 9.59 Å². The van der Waals surface area contributed by atoms with Gasteiger partial charge in [0.15, 0.2) is 5.78 Å². The highest BCUT2D eigenvalue weighted by molar-refractivity contribution is 5.92. The van der Waals surface area contributed by atoms with Crippen molar-refractivity contribution in [3.63, 3.8) is 0 Å². The summed E-state index contributed by atoms with van der Waals surface area (Å²) in [7, 11) is 0. The summed E-state index contributed by atoms with van der Waals surface area (Å²) in [6.07, 6.45) is 13.6. The summed E-state index contributed by atoms with van der Waals surface area (Å²) in [5, 5.41) is 0. The lowest BCUT2D eigenvalue weighted by Gasteiger charge is -2.54. The predicted molar refractivity (Wildman–Crippen MR) is 99.9 cm³/mol. The van der Waals surface area contributed by atoms with Gasteiger partial charge in [0.2, 0.25) is 0 Å². The van der Waals surface area contributed by atoms with Gasteiger partial charge in [0.1, 0.15) is 6.29 Å². The fourth-order valence-corrected chi connectivity index (χ4v) is 6.93. The molecular formula is C23H30O2. The molecule has 0 bridgehead atoms. The van der Waals surface area contributed by atoms with Crippen LogP contribution in [0.1, 0.15) is 52.4 Å². The lowest BCUT2D eigenvalue weighted by molar-refractivity contribution is -0.117. The molecule has 0 aliphatic heterocycles. The summed E-state index contributed by atoms with van der Waals surface area (Å²) in [4.78, 5) is 23.7. The molecule has 0 saturated heterocycles. The number of hydrogen-bond acceptors (Lipinski definition) is 2. The Morgan fingerprint density at radius 1 is 1.28 bits per heavy atom. The van der Waals surface area contributed by atoms with Gasteiger partial charge in [0.05, 0.1) is 0 Å². The van der Waals surface area contributed by atoms with Gasteiger partial charge in [-0.15, -0.1) is 0 Å². The van der Waals surface area contributed by atoms with Crippen molar-refractivity contribution in [1.29, 1.82) is 0 Å². The van der Waals surface area contributed by atoms with Gasteiger partial charge in [-0.25, -0.2) is 0 Å². The minimum absolute atomic E-state index is 0.0353. The molecule has 0 spiro atoms. The summed E-state index contributed by atoms with van der Waals surface area (Å²) < 4.78 is 0. The largest absolute Gasteiger partial charge is 0.303 e. The molecule has 0 radical (unpaired) electrons. The molecule has 2 nitrogen and oxygen atoms in total. The summed E-state index contributed by atoms with van der Waals surface area (Å²) in [6, 6.07) is 0. The van der Waals surface area contributed by atoms with Crippen molar-refractivity contribution in [2.75, 3.05) is 0 Å². The maximum Gasteiger partial charge on any atom is 0.155 e. The van der Waals surface area contributed by atoms with E-state index in [1.165, 1.54) is 18.4 Å². The average Bonchev–Trinajstić information content (AvgIpc) is 2.85. The molecule has 0 aromatic carbocycles. The molecule has 0 amide bonds. The van der Waals surface area contributed by atoms with Crippen molar-refractivity contribution in [2.45, 2.75) is 52.4 Å². The predicted octanol–water partition coefficient (Wildman–Crippen LogP) is 4.91. The van der Waals surface area contributed by atoms with E-state index in [-0.39, 0.29) is 11.7 Å². The highest BCUT2D eigenvalue weighted by Crippen LogP contribution is 2.65. The maximum atomic E-state index is 11.9. The number of aldehydes is 1. The lowest BCUT2D eigenvalue weighted by Crippen LogP contribution is -2.48. The Balaban J connectivity index is 1.70. The Bertz CT molecular complexity index is 670. The average molecular weight is 338 g/mol. The van der Waals surface area contributed by atoms with Gasteiger partial charge in [-0.05, 0) is 74.2 Å². The molecule has 4 rings (SSSR count). The Labute approximate surface area is 151 Å². The van der Waals surface area contributed by atoms with Gasteiger partial charge in [0, 0.05) is 18.3 Å². The highest BCUT2D eigenvalue weighted by Gasteiger charge is 2.57. The van der Waals surface area contributed by atoms with Crippen LogP contribution in [-0.4, -0.2) is 12.1 Å². The Kier molecular flexibility index (Phi) is 4.13. The third-order valence-electron chi connectivity index (χ3n) is 8.04. The molecule has 0 aromatic heterocycles. The van der Waals surface area contributed by atoms with Crippen LogP contribution in [0.4, 0.5) is 0 Å². The molecule has 3 saturated carbocycles. The van der Waals surface area contributed by atoms with Gasteiger partial charge in [-0.1, -0.05) is 36.8 Å². The van der Waals surface area contributed by atoms with E-state index >= 15 is 0 Å². The number of hydrogen-bond donors (Lipinski definition) is 0. The summed E-state index contributed by atoms with van der Waals surface area (Å²) >= 11 is 0. The molecule has 0 heterocycles. The van der Waals surface area contributed by atoms with E-state index in [1.54, 1.807) is 0 Å². The Hall–Kier alpha value is -1.44. The molecule has 3 fully saturated rings.